The molecule has 0 spiro atoms. The summed E-state index contributed by atoms with van der Waals surface area (Å²) in [6.45, 7) is 2.20. The zero-order valence-corrected chi connectivity index (χ0v) is 13.1. The molecular weight excluding hydrogens is 284 g/mol. The van der Waals surface area contributed by atoms with Gasteiger partial charge in [0, 0.05) is 31.4 Å². The summed E-state index contributed by atoms with van der Waals surface area (Å²) in [4.78, 5) is 12.5. The molecule has 3 heterocycles. The van der Waals surface area contributed by atoms with E-state index in [-0.39, 0.29) is 0 Å². The minimum Gasteiger partial charge on any atom is -0.357 e. The lowest BCUT2D eigenvalue weighted by Gasteiger charge is -2.26. The Morgan fingerprint density at radius 2 is 2.29 bits per heavy atom. The van der Waals surface area contributed by atoms with Gasteiger partial charge in [0.2, 0.25) is 5.95 Å². The zero-order valence-electron chi connectivity index (χ0n) is 12.3. The van der Waals surface area contributed by atoms with E-state index in [0.29, 0.717) is 12.0 Å². The number of hydrogen-bond donors (Lipinski definition) is 2. The van der Waals surface area contributed by atoms with E-state index in [0.717, 1.165) is 23.3 Å². The summed E-state index contributed by atoms with van der Waals surface area (Å²) in [5, 5.41) is 13.0. The predicted octanol–water partition coefficient (Wildman–Crippen LogP) is 2.52. The molecule has 0 saturated heterocycles. The fourth-order valence-corrected chi connectivity index (χ4v) is 3.09. The van der Waals surface area contributed by atoms with Crippen LogP contribution in [0.2, 0.25) is 0 Å². The summed E-state index contributed by atoms with van der Waals surface area (Å²) in [5.74, 6) is 1.49. The van der Waals surface area contributed by atoms with Crippen LogP contribution in [0.4, 0.5) is 11.8 Å². The van der Waals surface area contributed by atoms with E-state index in [2.05, 4.69) is 61.9 Å². The lowest BCUT2D eigenvalue weighted by molar-refractivity contribution is 0.682. The first-order valence-electron chi connectivity index (χ1n) is 6.83. The van der Waals surface area contributed by atoms with Gasteiger partial charge in [0.05, 0.1) is 11.6 Å². The van der Waals surface area contributed by atoms with Gasteiger partial charge >= 0.3 is 0 Å². The van der Waals surface area contributed by atoms with E-state index >= 15 is 0 Å². The second-order valence-electron chi connectivity index (χ2n) is 5.00. The number of thiophene rings is 1. The molecule has 21 heavy (non-hydrogen) atoms. The molecule has 7 heteroatoms. The van der Waals surface area contributed by atoms with Crippen molar-refractivity contribution in [2.24, 2.45) is 0 Å². The highest BCUT2D eigenvalue weighted by molar-refractivity contribution is 7.09. The first-order chi connectivity index (χ1) is 10.2. The fourth-order valence-electron chi connectivity index (χ4n) is 2.27. The van der Waals surface area contributed by atoms with Gasteiger partial charge in [-0.15, -0.1) is 11.3 Å². The van der Waals surface area contributed by atoms with Crippen molar-refractivity contribution in [1.82, 2.24) is 20.2 Å². The summed E-state index contributed by atoms with van der Waals surface area (Å²) in [6.07, 6.45) is 2.77. The molecular formula is C14H18N6S. The third-order valence-electron chi connectivity index (χ3n) is 3.59. The van der Waals surface area contributed by atoms with Crippen LogP contribution < -0.4 is 10.2 Å². The van der Waals surface area contributed by atoms with Crippen LogP contribution in [-0.4, -0.2) is 40.3 Å². The van der Waals surface area contributed by atoms with Crippen molar-refractivity contribution >= 4 is 34.1 Å². The lowest BCUT2D eigenvalue weighted by Crippen LogP contribution is -2.31. The van der Waals surface area contributed by atoms with Crippen LogP contribution >= 0.6 is 11.3 Å². The lowest BCUT2D eigenvalue weighted by atomic mass is 10.2. The monoisotopic (exact) mass is 302 g/mol. The summed E-state index contributed by atoms with van der Waals surface area (Å²) in [6, 6.07) is 4.59. The number of likely N-dealkylation sites (N-methyl/N-ethyl adjacent to an activating group) is 1. The smallest absolute Gasteiger partial charge is 0.226 e. The quantitative estimate of drug-likeness (QED) is 0.758. The molecule has 110 valence electrons. The molecule has 0 aliphatic heterocycles. The molecule has 0 bridgehead atoms. The Morgan fingerprint density at radius 1 is 1.43 bits per heavy atom. The molecule has 0 amide bonds. The van der Waals surface area contributed by atoms with E-state index in [1.54, 1.807) is 17.5 Å². The van der Waals surface area contributed by atoms with E-state index in [1.165, 1.54) is 4.88 Å². The van der Waals surface area contributed by atoms with E-state index in [9.17, 15) is 0 Å². The topological polar surface area (TPSA) is 69.7 Å². The first kappa shape index (κ1) is 13.8. The van der Waals surface area contributed by atoms with Crippen LogP contribution in [0.5, 0.6) is 0 Å². The number of anilines is 2. The van der Waals surface area contributed by atoms with E-state index < -0.39 is 0 Å². The Labute approximate surface area is 127 Å². The largest absolute Gasteiger partial charge is 0.357 e. The zero-order chi connectivity index (χ0) is 14.8. The van der Waals surface area contributed by atoms with Crippen LogP contribution in [0.1, 0.15) is 11.8 Å². The van der Waals surface area contributed by atoms with Crippen LogP contribution in [0.15, 0.2) is 23.7 Å². The van der Waals surface area contributed by atoms with Gasteiger partial charge in [0.25, 0.3) is 0 Å². The second-order valence-corrected chi connectivity index (χ2v) is 6.03. The van der Waals surface area contributed by atoms with Gasteiger partial charge in [-0.25, -0.2) is 0 Å². The number of nitrogens with one attached hydrogen (secondary N) is 2. The maximum absolute atomic E-state index is 4.59. The Kier molecular flexibility index (Phi) is 3.74. The molecule has 6 nitrogen and oxygen atoms in total. The standard InChI is InChI=1S/C14H18N6S/c1-9(7-10-5-4-6-21-10)20(3)13-11-8-16-19-12(11)17-14(15-2)18-13/h4-6,8-9H,7H2,1-3H3,(H2,15,16,17,18,19). The summed E-state index contributed by atoms with van der Waals surface area (Å²) in [7, 11) is 3.88. The number of aromatic nitrogens is 4. The number of aromatic amines is 1. The van der Waals surface area contributed by atoms with Crippen molar-refractivity contribution in [3.05, 3.63) is 28.6 Å². The molecule has 1 unspecified atom stereocenters. The summed E-state index contributed by atoms with van der Waals surface area (Å²) in [5.41, 5.74) is 0.750. The number of nitrogens with zero attached hydrogens (tertiary/aromatic N) is 4. The highest BCUT2D eigenvalue weighted by Crippen LogP contribution is 2.25. The highest BCUT2D eigenvalue weighted by atomic mass is 32.1. The van der Waals surface area contributed by atoms with Crippen molar-refractivity contribution < 1.29 is 0 Å². The van der Waals surface area contributed by atoms with Gasteiger partial charge in [0.15, 0.2) is 5.65 Å². The minimum atomic E-state index is 0.335. The van der Waals surface area contributed by atoms with Crippen molar-refractivity contribution in [2.45, 2.75) is 19.4 Å². The van der Waals surface area contributed by atoms with Gasteiger partial charge < -0.3 is 10.2 Å². The Morgan fingerprint density at radius 3 is 3.00 bits per heavy atom. The minimum absolute atomic E-state index is 0.335. The van der Waals surface area contributed by atoms with Crippen molar-refractivity contribution in [3.8, 4) is 0 Å². The second kappa shape index (κ2) is 5.69. The Hall–Kier alpha value is -2.15. The van der Waals surface area contributed by atoms with Crippen molar-refractivity contribution in [3.63, 3.8) is 0 Å². The third-order valence-corrected chi connectivity index (χ3v) is 4.48. The van der Waals surface area contributed by atoms with E-state index in [1.807, 2.05) is 7.05 Å². The molecule has 0 aliphatic rings. The molecule has 3 aromatic rings. The molecule has 0 aromatic carbocycles. The predicted molar refractivity (Wildman–Crippen MR) is 87.1 cm³/mol. The molecule has 0 aliphatic carbocycles. The van der Waals surface area contributed by atoms with Crippen LogP contribution in [-0.2, 0) is 6.42 Å². The SMILES string of the molecule is CNc1nc(N(C)C(C)Cc2cccs2)c2cn[nH]c2n1. The maximum atomic E-state index is 4.59. The highest BCUT2D eigenvalue weighted by Gasteiger charge is 2.17. The Balaban J connectivity index is 1.92. The van der Waals surface area contributed by atoms with Crippen LogP contribution in [0, 0.1) is 0 Å². The normalized spacial score (nSPS) is 12.5. The number of hydrogen-bond acceptors (Lipinski definition) is 6. The van der Waals surface area contributed by atoms with Gasteiger partial charge in [-0.1, -0.05) is 6.07 Å². The molecule has 0 radical (unpaired) electrons. The number of H-pyrrole nitrogens is 1. The van der Waals surface area contributed by atoms with Crippen molar-refractivity contribution in [1.29, 1.82) is 0 Å². The number of rotatable bonds is 5. The van der Waals surface area contributed by atoms with Crippen LogP contribution in [0.25, 0.3) is 11.0 Å². The van der Waals surface area contributed by atoms with Gasteiger partial charge in [-0.3, -0.25) is 5.10 Å². The number of fused-ring (bicyclic) bond motifs is 1. The molecule has 2 N–H and O–H groups in total. The molecule has 0 saturated carbocycles. The molecule has 3 rings (SSSR count). The molecule has 0 fully saturated rings. The first-order valence-corrected chi connectivity index (χ1v) is 7.71. The van der Waals surface area contributed by atoms with Gasteiger partial charge in [-0.05, 0) is 18.4 Å². The average molecular weight is 302 g/mol. The fraction of sp³-hybridized carbons (Fsp3) is 0.357. The summed E-state index contributed by atoms with van der Waals surface area (Å²) >= 11 is 1.79. The third kappa shape index (κ3) is 2.69. The van der Waals surface area contributed by atoms with Crippen LogP contribution in [0.3, 0.4) is 0 Å². The molecule has 3 aromatic heterocycles. The van der Waals surface area contributed by atoms with Gasteiger partial charge in [0.1, 0.15) is 5.82 Å². The summed E-state index contributed by atoms with van der Waals surface area (Å²) < 4.78 is 0. The van der Waals surface area contributed by atoms with Gasteiger partial charge in [-0.2, -0.15) is 15.1 Å². The Bertz CT molecular complexity index is 720. The molecule has 1 atom stereocenters. The van der Waals surface area contributed by atoms with Crippen molar-refractivity contribution in [2.75, 3.05) is 24.3 Å². The maximum Gasteiger partial charge on any atom is 0.226 e. The average Bonchev–Trinajstić information content (AvgIpc) is 3.15. The van der Waals surface area contributed by atoms with E-state index in [4.69, 9.17) is 0 Å².